The van der Waals surface area contributed by atoms with Crippen molar-refractivity contribution in [3.05, 3.63) is 52.6 Å². The Morgan fingerprint density at radius 3 is 2.69 bits per heavy atom. The summed E-state index contributed by atoms with van der Waals surface area (Å²) in [6.45, 7) is 3.48. The van der Waals surface area contributed by atoms with E-state index in [0.717, 1.165) is 6.33 Å². The third-order valence-corrected chi connectivity index (χ3v) is 9.20. The van der Waals surface area contributed by atoms with E-state index < -0.39 is 54.0 Å². The number of aliphatic carboxylic acids is 1. The van der Waals surface area contributed by atoms with Gasteiger partial charge in [0.15, 0.2) is 23.7 Å². The second-order valence-electron chi connectivity index (χ2n) is 10.1. The Kier molecular flexibility index (Phi) is 9.25. The molecule has 2 aromatic heterocycles. The van der Waals surface area contributed by atoms with Crippen LogP contribution in [0.1, 0.15) is 32.6 Å². The summed E-state index contributed by atoms with van der Waals surface area (Å²) in [4.78, 5) is 46.2. The molecule has 1 fully saturated rings. The van der Waals surface area contributed by atoms with Gasteiger partial charge in [-0.05, 0) is 26.3 Å². The molecule has 1 aromatic carbocycles. The number of hydrogen-bond donors (Lipinski definition) is 6. The summed E-state index contributed by atoms with van der Waals surface area (Å²) in [5.74, 6) is -1.57. The van der Waals surface area contributed by atoms with Crippen LogP contribution in [-0.2, 0) is 34.5 Å². The Bertz CT molecular complexity index is 1560. The number of carbonyl (C=O) groups is 2. The summed E-state index contributed by atoms with van der Waals surface area (Å²) >= 11 is 0.687. The number of carbonyl (C=O) groups excluding carboxylic acids is 1. The number of nitrogens with zero attached hydrogens (tertiary/aromatic N) is 3. The van der Waals surface area contributed by atoms with Crippen LogP contribution in [0, 0.1) is 5.41 Å². The molecule has 0 saturated carbocycles. The van der Waals surface area contributed by atoms with E-state index >= 15 is 0 Å². The Balaban J connectivity index is 1.53. The minimum absolute atomic E-state index is 0.0109. The van der Waals surface area contributed by atoms with Gasteiger partial charge in [-0.1, -0.05) is 42.1 Å². The maximum absolute atomic E-state index is 13.8. The number of carboxylic acids is 1. The molecule has 16 nitrogen and oxygen atoms in total. The number of aromatic nitrogens is 4. The Morgan fingerprint density at radius 2 is 2.02 bits per heavy atom. The molecule has 1 aliphatic heterocycles. The number of hydrogen-bond acceptors (Lipinski definition) is 13. The number of aliphatic hydroxyl groups is 2. The van der Waals surface area contributed by atoms with E-state index in [1.165, 1.54) is 25.3 Å². The third kappa shape index (κ3) is 6.58. The second kappa shape index (κ2) is 12.2. The number of nitrogens with two attached hydrogens (primary N) is 1. The highest BCUT2D eigenvalue weighted by atomic mass is 32.2. The predicted octanol–water partition coefficient (Wildman–Crippen LogP) is 0.970. The van der Waals surface area contributed by atoms with Crippen molar-refractivity contribution in [2.24, 2.45) is 5.41 Å². The summed E-state index contributed by atoms with van der Waals surface area (Å²) in [5.41, 5.74) is 1.90. The van der Waals surface area contributed by atoms with Crippen molar-refractivity contribution in [3.8, 4) is 0 Å². The van der Waals surface area contributed by atoms with Gasteiger partial charge in [-0.3, -0.25) is 33.0 Å². The predicted molar refractivity (Wildman–Crippen MR) is 150 cm³/mol. The van der Waals surface area contributed by atoms with Gasteiger partial charge in [0.05, 0.1) is 12.9 Å². The number of H-pyrrole nitrogens is 1. The molecule has 0 aliphatic carbocycles. The van der Waals surface area contributed by atoms with E-state index in [9.17, 15) is 34.3 Å². The van der Waals surface area contributed by atoms with E-state index in [0.29, 0.717) is 17.3 Å². The number of thioether (sulfide) groups is 1. The quantitative estimate of drug-likeness (QED) is 0.0932. The first-order valence-corrected chi connectivity index (χ1v) is 15.1. The number of aliphatic hydroxyl groups excluding tert-OH is 1. The van der Waals surface area contributed by atoms with Gasteiger partial charge in [0.2, 0.25) is 11.1 Å². The van der Waals surface area contributed by atoms with Gasteiger partial charge >= 0.3 is 13.7 Å². The van der Waals surface area contributed by atoms with Crippen molar-refractivity contribution in [3.63, 3.8) is 0 Å². The SMILES string of the molecule is CC(C)(C(=O)O)C(=O)SCCOP(=O)(NCc1ccccc1)OC1OC(n2cnc3c(=O)[nH]c(N)nc32)[C@](C)(O)[C@@H]1O. The molecule has 5 atom stereocenters. The van der Waals surface area contributed by atoms with Crippen LogP contribution in [0.15, 0.2) is 41.5 Å². The lowest BCUT2D eigenvalue weighted by molar-refractivity contribution is -0.149. The molecule has 0 spiro atoms. The zero-order valence-electron chi connectivity index (χ0n) is 22.8. The average Bonchev–Trinajstić information content (AvgIpc) is 3.44. The maximum atomic E-state index is 13.8. The fraction of sp³-hybridized carbons (Fsp3) is 0.458. The highest BCUT2D eigenvalue weighted by molar-refractivity contribution is 8.13. The highest BCUT2D eigenvalue weighted by Crippen LogP contribution is 2.50. The zero-order valence-corrected chi connectivity index (χ0v) is 24.5. The normalized spacial score (nSPS) is 24.1. The van der Waals surface area contributed by atoms with Crippen LogP contribution in [0.2, 0.25) is 0 Å². The average molecular weight is 627 g/mol. The highest BCUT2D eigenvalue weighted by Gasteiger charge is 2.56. The molecule has 7 N–H and O–H groups in total. The minimum Gasteiger partial charge on any atom is -0.480 e. The first-order chi connectivity index (χ1) is 19.7. The van der Waals surface area contributed by atoms with E-state index in [2.05, 4.69) is 20.0 Å². The largest absolute Gasteiger partial charge is 0.480 e. The van der Waals surface area contributed by atoms with Gasteiger partial charge < -0.3 is 25.8 Å². The van der Waals surface area contributed by atoms with Crippen LogP contribution in [0.3, 0.4) is 0 Å². The first kappa shape index (κ1) is 31.8. The Morgan fingerprint density at radius 1 is 1.33 bits per heavy atom. The van der Waals surface area contributed by atoms with E-state index in [1.54, 1.807) is 30.3 Å². The molecule has 228 valence electrons. The molecule has 3 heterocycles. The Hall–Kier alpha value is -3.15. The summed E-state index contributed by atoms with van der Waals surface area (Å²) in [7, 11) is -4.32. The van der Waals surface area contributed by atoms with Crippen LogP contribution < -0.4 is 16.4 Å². The van der Waals surface area contributed by atoms with Gasteiger partial charge in [-0.15, -0.1) is 0 Å². The smallest absolute Gasteiger partial charge is 0.408 e. The lowest BCUT2D eigenvalue weighted by Gasteiger charge is -2.27. The number of imidazole rings is 1. The van der Waals surface area contributed by atoms with Crippen molar-refractivity contribution in [1.29, 1.82) is 0 Å². The van der Waals surface area contributed by atoms with Crippen LogP contribution in [0.25, 0.3) is 11.2 Å². The summed E-state index contributed by atoms with van der Waals surface area (Å²) in [6.07, 6.45) is -3.74. The summed E-state index contributed by atoms with van der Waals surface area (Å²) in [6, 6.07) is 8.84. The number of anilines is 1. The van der Waals surface area contributed by atoms with Gasteiger partial charge in [0.1, 0.15) is 17.1 Å². The molecule has 18 heteroatoms. The summed E-state index contributed by atoms with van der Waals surface area (Å²) in [5, 5.41) is 33.4. The second-order valence-corrected chi connectivity index (χ2v) is 13.0. The van der Waals surface area contributed by atoms with Crippen LogP contribution >= 0.6 is 19.5 Å². The molecule has 3 unspecified atom stereocenters. The fourth-order valence-corrected chi connectivity index (χ4v) is 6.20. The van der Waals surface area contributed by atoms with Crippen molar-refractivity contribution in [2.45, 2.75) is 51.5 Å². The molecule has 0 amide bonds. The van der Waals surface area contributed by atoms with E-state index in [-0.39, 0.29) is 36.0 Å². The van der Waals surface area contributed by atoms with Crippen molar-refractivity contribution < 1.29 is 43.3 Å². The van der Waals surface area contributed by atoms with Crippen molar-refractivity contribution >= 4 is 47.7 Å². The van der Waals surface area contributed by atoms with Crippen LogP contribution in [0.5, 0.6) is 0 Å². The third-order valence-electron chi connectivity index (χ3n) is 6.51. The van der Waals surface area contributed by atoms with Gasteiger partial charge in [0, 0.05) is 12.3 Å². The standard InChI is InChI=1S/C24H31N6O10PS/c1-23(2,20(33)34)21(35)42-10-9-38-41(37,27-11-13-7-5-4-6-8-13)40-18-15(31)24(3,36)19(39-18)30-12-26-14-16(30)28-22(25)29-17(14)32/h4-8,12,15,18-19,31,36H,9-11H2,1-3H3,(H,27,37)(H,33,34)(H3,25,28,29,32)/t15-,18?,19?,24-,41?/m1/s1. The first-order valence-electron chi connectivity index (χ1n) is 12.6. The number of aromatic amines is 1. The van der Waals surface area contributed by atoms with E-state index in [1.807, 2.05) is 0 Å². The lowest BCUT2D eigenvalue weighted by atomic mass is 9.96. The topological polar surface area (TPSA) is 241 Å². The molecular formula is C24H31N6O10PS. The van der Waals surface area contributed by atoms with Gasteiger partial charge in [-0.25, -0.2) is 14.6 Å². The molecule has 42 heavy (non-hydrogen) atoms. The zero-order chi connectivity index (χ0) is 30.9. The van der Waals surface area contributed by atoms with Crippen LogP contribution in [-0.4, -0.2) is 76.3 Å². The number of carboxylic acid groups (broad SMARTS) is 1. The van der Waals surface area contributed by atoms with Crippen LogP contribution in [0.4, 0.5) is 5.95 Å². The van der Waals surface area contributed by atoms with Crippen molar-refractivity contribution in [2.75, 3.05) is 18.1 Å². The Labute approximate surface area is 243 Å². The molecule has 1 saturated heterocycles. The maximum Gasteiger partial charge on any atom is 0.408 e. The lowest BCUT2D eigenvalue weighted by Crippen LogP contribution is -2.44. The molecule has 4 rings (SSSR count). The number of nitrogens with one attached hydrogen (secondary N) is 2. The molecule has 1 aliphatic rings. The number of rotatable bonds is 12. The van der Waals surface area contributed by atoms with Crippen molar-refractivity contribution in [1.82, 2.24) is 24.6 Å². The minimum atomic E-state index is -4.32. The molecule has 0 bridgehead atoms. The molecule has 3 aromatic rings. The molecular weight excluding hydrogens is 595 g/mol. The summed E-state index contributed by atoms with van der Waals surface area (Å²) < 4.78 is 31.9. The number of ether oxygens (including phenoxy) is 1. The monoisotopic (exact) mass is 626 g/mol. The molecule has 0 radical (unpaired) electrons. The number of fused-ring (bicyclic) bond motifs is 1. The number of benzene rings is 1. The number of nitrogen functional groups attached to an aromatic ring is 1. The van der Waals surface area contributed by atoms with E-state index in [4.69, 9.17) is 19.5 Å². The van der Waals surface area contributed by atoms with Gasteiger partial charge in [-0.2, -0.15) is 4.98 Å². The fourth-order valence-electron chi connectivity index (χ4n) is 3.90. The van der Waals surface area contributed by atoms with Gasteiger partial charge in [0.25, 0.3) is 5.56 Å².